The molecule has 0 fully saturated rings. The molecule has 4 nitrogen and oxygen atoms in total. The number of carbonyl (C=O) groups is 1. The first kappa shape index (κ1) is 33.3. The topological polar surface area (TPSA) is 44.8 Å². The second-order valence-corrected chi connectivity index (χ2v) is 16.4. The first-order valence-electron chi connectivity index (χ1n) is 14.9. The van der Waals surface area contributed by atoms with E-state index in [1.54, 1.807) is 7.11 Å². The number of hydrogen-bond donors (Lipinski definition) is 0. The molecular formula is C37H48O4Si. The zero-order valence-corrected chi connectivity index (χ0v) is 27.5. The number of methoxy groups -OCH3 is 1. The number of ether oxygens (including phenoxy) is 2. The molecular weight excluding hydrogens is 536 g/mol. The van der Waals surface area contributed by atoms with Crippen molar-refractivity contribution in [2.75, 3.05) is 7.11 Å². The van der Waals surface area contributed by atoms with Crippen molar-refractivity contribution in [2.45, 2.75) is 72.3 Å². The zero-order chi connectivity index (χ0) is 30.8. The molecule has 0 N–H and O–H groups in total. The van der Waals surface area contributed by atoms with Crippen LogP contribution >= 0.6 is 0 Å². The largest absolute Gasteiger partial charge is 0.497 e. The molecule has 42 heavy (non-hydrogen) atoms. The van der Waals surface area contributed by atoms with Gasteiger partial charge < -0.3 is 18.7 Å². The Hall–Kier alpha value is -3.25. The molecule has 0 heterocycles. The van der Waals surface area contributed by atoms with Gasteiger partial charge >= 0.3 is 0 Å². The normalized spacial score (nSPS) is 15.7. The van der Waals surface area contributed by atoms with Crippen LogP contribution in [0.4, 0.5) is 0 Å². The molecule has 4 atom stereocenters. The van der Waals surface area contributed by atoms with E-state index in [1.165, 1.54) is 10.4 Å². The molecule has 0 saturated heterocycles. The van der Waals surface area contributed by atoms with Gasteiger partial charge in [-0.05, 0) is 52.5 Å². The molecule has 3 rings (SSSR count). The van der Waals surface area contributed by atoms with Gasteiger partial charge in [-0.1, -0.05) is 126 Å². The van der Waals surface area contributed by atoms with Gasteiger partial charge in [0.15, 0.2) is 0 Å². The Bertz CT molecular complexity index is 1250. The summed E-state index contributed by atoms with van der Waals surface area (Å²) in [5.41, 5.74) is 2.25. The maximum Gasteiger partial charge on any atom is 0.261 e. The van der Waals surface area contributed by atoms with Crippen LogP contribution in [0.3, 0.4) is 0 Å². The van der Waals surface area contributed by atoms with Crippen LogP contribution in [-0.4, -0.2) is 33.9 Å². The van der Waals surface area contributed by atoms with Crippen LogP contribution in [0.15, 0.2) is 109 Å². The lowest BCUT2D eigenvalue weighted by Gasteiger charge is -2.45. The Morgan fingerprint density at radius 2 is 1.38 bits per heavy atom. The Morgan fingerprint density at radius 3 is 1.83 bits per heavy atom. The van der Waals surface area contributed by atoms with Crippen molar-refractivity contribution in [3.63, 3.8) is 0 Å². The van der Waals surface area contributed by atoms with Gasteiger partial charge in [-0.2, -0.15) is 0 Å². The second-order valence-electron chi connectivity index (χ2n) is 12.1. The molecule has 0 aliphatic carbocycles. The second kappa shape index (κ2) is 15.3. The van der Waals surface area contributed by atoms with Crippen LogP contribution in [-0.2, 0) is 20.6 Å². The molecule has 224 valence electrons. The first-order chi connectivity index (χ1) is 20.1. The molecule has 3 aromatic rings. The molecule has 0 spiro atoms. The van der Waals surface area contributed by atoms with E-state index in [1.807, 2.05) is 50.2 Å². The van der Waals surface area contributed by atoms with Crippen molar-refractivity contribution in [2.24, 2.45) is 11.8 Å². The van der Waals surface area contributed by atoms with Crippen molar-refractivity contribution >= 4 is 25.0 Å². The third kappa shape index (κ3) is 7.97. The number of aldehydes is 1. The van der Waals surface area contributed by atoms with Crippen LogP contribution in [0.5, 0.6) is 5.75 Å². The minimum Gasteiger partial charge on any atom is -0.497 e. The molecule has 0 unspecified atom stereocenters. The quantitative estimate of drug-likeness (QED) is 0.112. The SMILES string of the molecule is C/C=C(\C)[C@@H](OCc1ccc(OC)cc1)[C@@H](C)/C=C/[C@@H](O[Si](c1ccccc1)(c1ccccc1)C(C)(C)C)[C@@H](C)C=O. The molecule has 0 saturated carbocycles. The minimum atomic E-state index is -2.85. The zero-order valence-electron chi connectivity index (χ0n) is 26.5. The standard InChI is InChI=1S/C37H48O4Si/c1-9-28(2)36(40-27-31-21-23-32(39-8)24-22-31)29(3)20-25-35(30(4)26-38)41-42(37(5,6)7,33-16-12-10-13-17-33)34-18-14-11-15-19-34/h9-26,29-30,35-36H,27H2,1-8H3/b25-20+,28-9+/t29-,30-,35+,36+/m0/s1. The van der Waals surface area contributed by atoms with Crippen LogP contribution in [0, 0.1) is 11.8 Å². The number of benzene rings is 3. The molecule has 0 bridgehead atoms. The number of rotatable bonds is 14. The molecule has 0 amide bonds. The highest BCUT2D eigenvalue weighted by atomic mass is 28.4. The summed E-state index contributed by atoms with van der Waals surface area (Å²) in [6.07, 6.45) is 6.85. The lowest BCUT2D eigenvalue weighted by Crippen LogP contribution is -2.68. The Balaban J connectivity index is 1.97. The van der Waals surface area contributed by atoms with E-state index in [-0.39, 0.29) is 23.0 Å². The number of carbonyl (C=O) groups excluding carboxylic acids is 1. The average molecular weight is 585 g/mol. The smallest absolute Gasteiger partial charge is 0.261 e. The van der Waals surface area contributed by atoms with Gasteiger partial charge in [-0.15, -0.1) is 0 Å². The van der Waals surface area contributed by atoms with E-state index < -0.39 is 14.4 Å². The van der Waals surface area contributed by atoms with Gasteiger partial charge in [0.25, 0.3) is 8.32 Å². The molecule has 3 aromatic carbocycles. The van der Waals surface area contributed by atoms with Crippen molar-refractivity contribution in [3.05, 3.63) is 114 Å². The average Bonchev–Trinajstić information content (AvgIpc) is 3.01. The molecule has 0 aliphatic rings. The maximum absolute atomic E-state index is 12.3. The van der Waals surface area contributed by atoms with Gasteiger partial charge in [0.1, 0.15) is 12.0 Å². The van der Waals surface area contributed by atoms with Crippen LogP contribution in [0.25, 0.3) is 0 Å². The molecule has 0 aromatic heterocycles. The van der Waals surface area contributed by atoms with Gasteiger partial charge in [0.2, 0.25) is 0 Å². The lowest BCUT2D eigenvalue weighted by atomic mass is 9.95. The minimum absolute atomic E-state index is 0.0588. The Morgan fingerprint density at radius 1 is 0.833 bits per heavy atom. The highest BCUT2D eigenvalue weighted by Crippen LogP contribution is 2.38. The number of hydrogen-bond acceptors (Lipinski definition) is 4. The van der Waals surface area contributed by atoms with Gasteiger partial charge in [0, 0.05) is 11.8 Å². The van der Waals surface area contributed by atoms with Crippen molar-refractivity contribution < 1.29 is 18.7 Å². The lowest BCUT2D eigenvalue weighted by molar-refractivity contribution is -0.112. The van der Waals surface area contributed by atoms with E-state index in [4.69, 9.17) is 13.9 Å². The van der Waals surface area contributed by atoms with Gasteiger partial charge in [-0.3, -0.25) is 0 Å². The van der Waals surface area contributed by atoms with Gasteiger partial charge in [-0.25, -0.2) is 0 Å². The van der Waals surface area contributed by atoms with Crippen molar-refractivity contribution in [1.29, 1.82) is 0 Å². The van der Waals surface area contributed by atoms with Crippen LogP contribution in [0.1, 0.15) is 54.0 Å². The van der Waals surface area contributed by atoms with E-state index in [2.05, 4.69) is 101 Å². The third-order valence-electron chi connectivity index (χ3n) is 8.04. The van der Waals surface area contributed by atoms with E-state index in [0.29, 0.717) is 6.61 Å². The third-order valence-corrected chi connectivity index (χ3v) is 13.1. The summed E-state index contributed by atoms with van der Waals surface area (Å²) in [7, 11) is -1.18. The summed E-state index contributed by atoms with van der Waals surface area (Å²) in [6.45, 7) is 15.5. The first-order valence-corrected chi connectivity index (χ1v) is 16.8. The summed E-state index contributed by atoms with van der Waals surface area (Å²) in [5.74, 6) is 0.563. The van der Waals surface area contributed by atoms with E-state index in [0.717, 1.165) is 23.2 Å². The molecule has 0 aliphatic heterocycles. The summed E-state index contributed by atoms with van der Waals surface area (Å²) < 4.78 is 19.1. The Kier molecular flexibility index (Phi) is 12.1. The van der Waals surface area contributed by atoms with Crippen LogP contribution in [0.2, 0.25) is 5.04 Å². The summed E-state index contributed by atoms with van der Waals surface area (Å²) >= 11 is 0. The van der Waals surface area contributed by atoms with Crippen molar-refractivity contribution in [1.82, 2.24) is 0 Å². The Labute approximate surface area is 254 Å². The van der Waals surface area contributed by atoms with Gasteiger partial charge in [0.05, 0.1) is 25.9 Å². The predicted octanol–water partition coefficient (Wildman–Crippen LogP) is 7.52. The summed E-state index contributed by atoms with van der Waals surface area (Å²) in [5, 5.41) is 2.19. The monoisotopic (exact) mass is 584 g/mol. The predicted molar refractivity (Wildman–Crippen MR) is 177 cm³/mol. The fourth-order valence-corrected chi connectivity index (χ4v) is 10.2. The van der Waals surface area contributed by atoms with E-state index in [9.17, 15) is 4.79 Å². The summed E-state index contributed by atoms with van der Waals surface area (Å²) in [6, 6.07) is 29.1. The number of allylic oxidation sites excluding steroid dienone is 1. The highest BCUT2D eigenvalue weighted by molar-refractivity contribution is 6.99. The fourth-order valence-electron chi connectivity index (χ4n) is 5.45. The van der Waals surface area contributed by atoms with Crippen LogP contribution < -0.4 is 15.1 Å². The summed E-state index contributed by atoms with van der Waals surface area (Å²) in [4.78, 5) is 12.3. The molecule has 0 radical (unpaired) electrons. The maximum atomic E-state index is 12.3. The highest BCUT2D eigenvalue weighted by Gasteiger charge is 2.51. The van der Waals surface area contributed by atoms with Crippen molar-refractivity contribution in [3.8, 4) is 5.75 Å². The van der Waals surface area contributed by atoms with E-state index >= 15 is 0 Å². The molecule has 5 heteroatoms. The fraction of sp³-hybridized carbons (Fsp3) is 0.378.